The molecule has 2 aromatic carbocycles. The molecule has 0 aliphatic rings. The lowest BCUT2D eigenvalue weighted by molar-refractivity contribution is 0.0724. The van der Waals surface area contributed by atoms with Gasteiger partial charge in [0, 0.05) is 36.7 Å². The van der Waals surface area contributed by atoms with Crippen molar-refractivity contribution < 1.29 is 19.4 Å². The normalized spacial score (nSPS) is 10.7. The van der Waals surface area contributed by atoms with Crippen LogP contribution in [0.4, 0.5) is 5.82 Å². The molecular formula is C24H29N3O4. The Balaban J connectivity index is 1.93. The van der Waals surface area contributed by atoms with Crippen LogP contribution in [-0.2, 0) is 6.54 Å². The molecule has 0 saturated carbocycles. The minimum Gasteiger partial charge on any atom is -0.497 e. The Morgan fingerprint density at radius 3 is 2.61 bits per heavy atom. The molecule has 0 radical (unpaired) electrons. The number of para-hydroxylation sites is 1. The molecule has 1 heterocycles. The molecule has 0 fully saturated rings. The van der Waals surface area contributed by atoms with Crippen molar-refractivity contribution in [3.63, 3.8) is 0 Å². The number of amides is 1. The third-order valence-corrected chi connectivity index (χ3v) is 5.05. The van der Waals surface area contributed by atoms with Crippen molar-refractivity contribution in [2.24, 2.45) is 0 Å². The van der Waals surface area contributed by atoms with Gasteiger partial charge in [-0.05, 0) is 30.7 Å². The Bertz CT molecular complexity index is 1030. The number of benzene rings is 2. The van der Waals surface area contributed by atoms with E-state index in [4.69, 9.17) is 9.47 Å². The summed E-state index contributed by atoms with van der Waals surface area (Å²) in [7, 11) is 3.23. The first-order chi connectivity index (χ1) is 15.1. The fraction of sp³-hybridized carbons (Fsp3) is 0.333. The highest BCUT2D eigenvalue weighted by Gasteiger charge is 2.19. The molecule has 164 valence electrons. The summed E-state index contributed by atoms with van der Waals surface area (Å²) in [6, 6.07) is 15.0. The Kier molecular flexibility index (Phi) is 7.67. The molecule has 1 aromatic heterocycles. The maximum absolute atomic E-state index is 13.3. The average molecular weight is 424 g/mol. The second kappa shape index (κ2) is 10.6. The molecule has 31 heavy (non-hydrogen) atoms. The number of carbonyl (C=O) groups is 1. The van der Waals surface area contributed by atoms with Crippen molar-refractivity contribution in [3.8, 4) is 11.5 Å². The van der Waals surface area contributed by atoms with Gasteiger partial charge in [0.05, 0.1) is 31.9 Å². The van der Waals surface area contributed by atoms with Crippen molar-refractivity contribution >= 4 is 22.6 Å². The second-order valence-corrected chi connectivity index (χ2v) is 7.12. The van der Waals surface area contributed by atoms with Crippen molar-refractivity contribution in [2.75, 3.05) is 39.2 Å². The topological polar surface area (TPSA) is 83.9 Å². The van der Waals surface area contributed by atoms with Crippen LogP contribution in [0.2, 0.25) is 0 Å². The smallest absolute Gasteiger partial charge is 0.254 e. The molecule has 3 aromatic rings. The number of nitrogens with zero attached hydrogens (tertiary/aromatic N) is 2. The lowest BCUT2D eigenvalue weighted by Crippen LogP contribution is -2.34. The first kappa shape index (κ1) is 22.4. The van der Waals surface area contributed by atoms with E-state index in [0.29, 0.717) is 36.8 Å². The number of anilines is 1. The van der Waals surface area contributed by atoms with Crippen LogP contribution in [0.3, 0.4) is 0 Å². The van der Waals surface area contributed by atoms with E-state index in [1.807, 2.05) is 49.4 Å². The van der Waals surface area contributed by atoms with Gasteiger partial charge in [0.25, 0.3) is 5.91 Å². The number of aliphatic hydroxyl groups is 1. The summed E-state index contributed by atoms with van der Waals surface area (Å²) < 4.78 is 10.7. The number of pyridine rings is 1. The Morgan fingerprint density at radius 2 is 1.90 bits per heavy atom. The number of nitrogens with one attached hydrogen (secondary N) is 1. The van der Waals surface area contributed by atoms with E-state index in [9.17, 15) is 9.90 Å². The summed E-state index contributed by atoms with van der Waals surface area (Å²) in [5.74, 6) is 1.91. The van der Waals surface area contributed by atoms with Gasteiger partial charge in [0.1, 0.15) is 17.3 Å². The summed E-state index contributed by atoms with van der Waals surface area (Å²) in [4.78, 5) is 19.6. The zero-order chi connectivity index (χ0) is 22.2. The van der Waals surface area contributed by atoms with E-state index in [-0.39, 0.29) is 12.5 Å². The van der Waals surface area contributed by atoms with Crippen molar-refractivity contribution in [3.05, 3.63) is 59.7 Å². The quantitative estimate of drug-likeness (QED) is 0.517. The number of hydrogen-bond donors (Lipinski definition) is 2. The van der Waals surface area contributed by atoms with Gasteiger partial charge in [0.15, 0.2) is 0 Å². The number of hydrogen-bond acceptors (Lipinski definition) is 6. The molecule has 0 atom stereocenters. The third kappa shape index (κ3) is 5.24. The van der Waals surface area contributed by atoms with E-state index in [2.05, 4.69) is 10.3 Å². The van der Waals surface area contributed by atoms with E-state index >= 15 is 0 Å². The molecule has 0 aliphatic heterocycles. The summed E-state index contributed by atoms with van der Waals surface area (Å²) in [6.07, 6.45) is 0.817. The van der Waals surface area contributed by atoms with Crippen LogP contribution in [-0.4, -0.2) is 54.8 Å². The zero-order valence-corrected chi connectivity index (χ0v) is 18.2. The Morgan fingerprint density at radius 1 is 1.10 bits per heavy atom. The van der Waals surface area contributed by atoms with Crippen LogP contribution < -0.4 is 14.8 Å². The molecule has 3 rings (SSSR count). The number of ether oxygens (including phenoxy) is 2. The fourth-order valence-electron chi connectivity index (χ4n) is 3.50. The summed E-state index contributed by atoms with van der Waals surface area (Å²) in [5, 5.41) is 13.5. The highest BCUT2D eigenvalue weighted by molar-refractivity contribution is 6.07. The SMILES string of the molecule is CCCN(CCO)C(=O)c1cc(NCc2ccc(OC)cc2OC)nc2ccccc12. The first-order valence-electron chi connectivity index (χ1n) is 10.4. The van der Waals surface area contributed by atoms with Gasteiger partial charge in [-0.3, -0.25) is 4.79 Å². The van der Waals surface area contributed by atoms with Crippen LogP contribution in [0.15, 0.2) is 48.5 Å². The third-order valence-electron chi connectivity index (χ3n) is 5.05. The van der Waals surface area contributed by atoms with Crippen LogP contribution in [0.5, 0.6) is 11.5 Å². The minimum absolute atomic E-state index is 0.0723. The van der Waals surface area contributed by atoms with Crippen LogP contribution >= 0.6 is 0 Å². The summed E-state index contributed by atoms with van der Waals surface area (Å²) in [5.41, 5.74) is 2.24. The number of methoxy groups -OCH3 is 2. The zero-order valence-electron chi connectivity index (χ0n) is 18.2. The van der Waals surface area contributed by atoms with Gasteiger partial charge in [-0.25, -0.2) is 4.98 Å². The average Bonchev–Trinajstić information content (AvgIpc) is 2.81. The van der Waals surface area contributed by atoms with E-state index < -0.39 is 0 Å². The number of aliphatic hydroxyl groups excluding tert-OH is 1. The van der Waals surface area contributed by atoms with Gasteiger partial charge in [-0.2, -0.15) is 0 Å². The molecule has 0 saturated heterocycles. The molecule has 0 unspecified atom stereocenters. The van der Waals surface area contributed by atoms with Crippen LogP contribution in [0.25, 0.3) is 10.9 Å². The molecule has 7 nitrogen and oxygen atoms in total. The number of rotatable bonds is 10. The van der Waals surface area contributed by atoms with Gasteiger partial charge in [-0.15, -0.1) is 0 Å². The van der Waals surface area contributed by atoms with Gasteiger partial charge in [0.2, 0.25) is 0 Å². The van der Waals surface area contributed by atoms with Crippen LogP contribution in [0, 0.1) is 0 Å². The predicted octanol–water partition coefficient (Wildman–Crippen LogP) is 3.71. The molecule has 1 amide bonds. The number of aromatic nitrogens is 1. The van der Waals surface area contributed by atoms with Crippen LogP contribution in [0.1, 0.15) is 29.3 Å². The molecular weight excluding hydrogens is 394 g/mol. The molecule has 0 spiro atoms. The molecule has 0 aliphatic carbocycles. The van der Waals surface area contributed by atoms with Crippen molar-refractivity contribution in [1.82, 2.24) is 9.88 Å². The highest BCUT2D eigenvalue weighted by atomic mass is 16.5. The largest absolute Gasteiger partial charge is 0.497 e. The first-order valence-corrected chi connectivity index (χ1v) is 10.4. The number of carbonyl (C=O) groups excluding carboxylic acids is 1. The lowest BCUT2D eigenvalue weighted by atomic mass is 10.1. The lowest BCUT2D eigenvalue weighted by Gasteiger charge is -2.22. The van der Waals surface area contributed by atoms with E-state index in [1.165, 1.54) is 0 Å². The fourth-order valence-corrected chi connectivity index (χ4v) is 3.50. The van der Waals surface area contributed by atoms with Gasteiger partial charge in [-0.1, -0.05) is 25.1 Å². The maximum Gasteiger partial charge on any atom is 0.254 e. The second-order valence-electron chi connectivity index (χ2n) is 7.12. The molecule has 0 bridgehead atoms. The van der Waals surface area contributed by atoms with E-state index in [1.54, 1.807) is 25.2 Å². The Labute approximate surface area is 182 Å². The van der Waals surface area contributed by atoms with Gasteiger partial charge < -0.3 is 24.8 Å². The van der Waals surface area contributed by atoms with Gasteiger partial charge >= 0.3 is 0 Å². The molecule has 2 N–H and O–H groups in total. The minimum atomic E-state index is -0.112. The van der Waals surface area contributed by atoms with Crippen molar-refractivity contribution in [2.45, 2.75) is 19.9 Å². The predicted molar refractivity (Wildman–Crippen MR) is 122 cm³/mol. The highest BCUT2D eigenvalue weighted by Crippen LogP contribution is 2.27. The molecule has 7 heteroatoms. The standard InChI is InChI=1S/C24H29N3O4/c1-4-11-27(12-13-28)24(29)20-15-23(26-21-8-6-5-7-19(20)21)25-16-17-9-10-18(30-2)14-22(17)31-3/h5-10,14-15,28H,4,11-13,16H2,1-3H3,(H,25,26). The number of fused-ring (bicyclic) bond motifs is 1. The maximum atomic E-state index is 13.3. The summed E-state index contributed by atoms with van der Waals surface area (Å²) in [6.45, 7) is 3.30. The monoisotopic (exact) mass is 423 g/mol. The van der Waals surface area contributed by atoms with E-state index in [0.717, 1.165) is 28.6 Å². The Hall–Kier alpha value is -3.32. The van der Waals surface area contributed by atoms with Crippen molar-refractivity contribution in [1.29, 1.82) is 0 Å². The summed E-state index contributed by atoms with van der Waals surface area (Å²) >= 11 is 0.